The molecule has 14 rings (SSSR count). The van der Waals surface area contributed by atoms with Crippen LogP contribution in [0.2, 0.25) is 0 Å². The minimum Gasteiger partial charge on any atom is -0.310 e. The van der Waals surface area contributed by atoms with Crippen LogP contribution in [-0.4, -0.2) is 0 Å². The highest BCUT2D eigenvalue weighted by atomic mass is 15.2. The summed E-state index contributed by atoms with van der Waals surface area (Å²) < 4.78 is 0. The van der Waals surface area contributed by atoms with Gasteiger partial charge in [-0.25, -0.2) is 0 Å². The van der Waals surface area contributed by atoms with Gasteiger partial charge in [0.05, 0.1) is 11.4 Å². The molecule has 412 valence electrons. The molecule has 2 nitrogen and oxygen atoms in total. The zero-order valence-corrected chi connectivity index (χ0v) is 49.6. The smallest absolute Gasteiger partial charge is 0.0546 e. The molecule has 0 N–H and O–H groups in total. The van der Waals surface area contributed by atoms with Crippen molar-refractivity contribution in [3.8, 4) is 66.8 Å². The quantitative estimate of drug-likeness (QED) is 0.113. The van der Waals surface area contributed by atoms with Crippen LogP contribution < -0.4 is 9.80 Å². The van der Waals surface area contributed by atoms with Crippen LogP contribution in [0.4, 0.5) is 34.1 Å². The number of nitrogens with zero attached hydrogens (tertiary/aromatic N) is 2. The van der Waals surface area contributed by atoms with Gasteiger partial charge in [0, 0.05) is 33.5 Å². The first-order valence-electron chi connectivity index (χ1n) is 29.9. The second-order valence-electron chi connectivity index (χ2n) is 23.4. The van der Waals surface area contributed by atoms with Crippen LogP contribution in [0.25, 0.3) is 99.1 Å². The van der Waals surface area contributed by atoms with Crippen LogP contribution >= 0.6 is 0 Å². The summed E-state index contributed by atoms with van der Waals surface area (Å²) in [4.78, 5) is 4.96. The summed E-state index contributed by atoms with van der Waals surface area (Å²) in [6.07, 6.45) is 0. The Labute approximate surface area is 506 Å². The Hall–Kier alpha value is -10.5. The first-order valence-corrected chi connectivity index (χ1v) is 29.9. The van der Waals surface area contributed by atoms with E-state index in [2.05, 4.69) is 343 Å². The molecule has 0 amide bonds. The normalized spacial score (nSPS) is 11.4. The highest BCUT2D eigenvalue weighted by Gasteiger charge is 2.24. The molecule has 0 aliphatic heterocycles. The summed E-state index contributed by atoms with van der Waals surface area (Å²) in [6, 6.07) is 108. The molecule has 14 aromatic rings. The van der Waals surface area contributed by atoms with Gasteiger partial charge in [-0.15, -0.1) is 0 Å². The number of anilines is 6. The average molecular weight is 1100 g/mol. The monoisotopic (exact) mass is 1100 g/mol. The van der Waals surface area contributed by atoms with Gasteiger partial charge in [-0.3, -0.25) is 0 Å². The third kappa shape index (κ3) is 10.3. The number of hydrogen-bond acceptors (Lipinski definition) is 2. The molecule has 0 fully saturated rings. The summed E-state index contributed by atoms with van der Waals surface area (Å²) in [6.45, 7) is 13.1. The topological polar surface area (TPSA) is 6.48 Å². The second-order valence-corrected chi connectivity index (χ2v) is 23.4. The molecule has 0 heterocycles. The molecule has 14 aromatic carbocycles. The third-order valence-electron chi connectivity index (χ3n) is 17.4. The van der Waals surface area contributed by atoms with E-state index in [0.717, 1.165) is 34.1 Å². The first-order chi connectivity index (χ1) is 42.1. The summed E-state index contributed by atoms with van der Waals surface area (Å²) in [7, 11) is 0. The van der Waals surface area contributed by atoms with Gasteiger partial charge in [-0.2, -0.15) is 0 Å². The average Bonchev–Trinajstić information content (AvgIpc) is 0.783. The lowest BCUT2D eigenvalue weighted by atomic mass is 9.93. The third-order valence-corrected chi connectivity index (χ3v) is 17.4. The highest BCUT2D eigenvalue weighted by Crippen LogP contribution is 2.49. The molecule has 0 atom stereocenters. The van der Waals surface area contributed by atoms with Crippen molar-refractivity contribution in [2.45, 2.75) is 41.5 Å². The molecular formula is C84H66N2. The fourth-order valence-corrected chi connectivity index (χ4v) is 12.7. The van der Waals surface area contributed by atoms with Crippen molar-refractivity contribution >= 4 is 66.4 Å². The van der Waals surface area contributed by atoms with Crippen LogP contribution in [0.5, 0.6) is 0 Å². The molecule has 0 aliphatic rings. The van der Waals surface area contributed by atoms with E-state index < -0.39 is 0 Å². The molecule has 86 heavy (non-hydrogen) atoms. The number of fused-ring (bicyclic) bond motifs is 5. The lowest BCUT2D eigenvalue weighted by Crippen LogP contribution is -2.13. The largest absolute Gasteiger partial charge is 0.310 e. The number of aryl methyl sites for hydroxylation is 6. The van der Waals surface area contributed by atoms with Gasteiger partial charge in [0.25, 0.3) is 0 Å². The van der Waals surface area contributed by atoms with Crippen molar-refractivity contribution in [2.75, 3.05) is 9.80 Å². The molecule has 0 unspecified atom stereocenters. The van der Waals surface area contributed by atoms with Crippen LogP contribution in [0.1, 0.15) is 33.4 Å². The van der Waals surface area contributed by atoms with E-state index in [1.165, 1.54) is 132 Å². The van der Waals surface area contributed by atoms with Crippen molar-refractivity contribution in [1.82, 2.24) is 0 Å². The van der Waals surface area contributed by atoms with Gasteiger partial charge < -0.3 is 9.80 Å². The van der Waals surface area contributed by atoms with E-state index in [9.17, 15) is 0 Å². The Morgan fingerprint density at radius 1 is 0.174 bits per heavy atom. The number of benzene rings is 14. The molecule has 0 saturated carbocycles. The van der Waals surface area contributed by atoms with Gasteiger partial charge >= 0.3 is 0 Å². The predicted octanol–water partition coefficient (Wildman–Crippen LogP) is 23.9. The Kier molecular flexibility index (Phi) is 14.0. The summed E-state index contributed by atoms with van der Waals surface area (Å²) in [5, 5.41) is 7.17. The Bertz CT molecular complexity index is 4480. The standard InChI is InChI=1S/C84H66N2/c1-55-15-21-61(22-16-55)63-25-29-65(30-26-63)67-33-37-69(38-34-67)71-41-45-73(46-42-71)85(81-49-19-57(3)51-59(81)5)83-53-79-76-12-8-10-14-78(76)84(54-80(79)75-11-7-9-13-77(75)83)86(82-50-20-58(4)52-60(82)6)74-47-43-72(44-48-74)70-39-35-68(36-40-70)66-31-27-64(28-32-66)62-23-17-56(2)18-24-62/h7-54H,1-6H3. The molecule has 0 aliphatic carbocycles. The lowest BCUT2D eigenvalue weighted by molar-refractivity contribution is 1.25. The zero-order chi connectivity index (χ0) is 58.4. The Morgan fingerprint density at radius 3 is 0.651 bits per heavy atom. The van der Waals surface area contributed by atoms with Gasteiger partial charge in [0.2, 0.25) is 0 Å². The van der Waals surface area contributed by atoms with Crippen LogP contribution in [0.3, 0.4) is 0 Å². The van der Waals surface area contributed by atoms with E-state index in [1.54, 1.807) is 0 Å². The minimum absolute atomic E-state index is 1.10. The maximum Gasteiger partial charge on any atom is 0.0546 e. The van der Waals surface area contributed by atoms with Crippen molar-refractivity contribution < 1.29 is 0 Å². The van der Waals surface area contributed by atoms with Crippen LogP contribution in [-0.2, 0) is 0 Å². The van der Waals surface area contributed by atoms with Gasteiger partial charge in [-0.1, -0.05) is 265 Å². The molecular weight excluding hydrogens is 1040 g/mol. The summed E-state index contributed by atoms with van der Waals surface area (Å²) in [5.74, 6) is 0. The van der Waals surface area contributed by atoms with Gasteiger partial charge in [-0.05, 0) is 190 Å². The summed E-state index contributed by atoms with van der Waals surface area (Å²) >= 11 is 0. The van der Waals surface area contributed by atoms with E-state index in [4.69, 9.17) is 0 Å². The minimum atomic E-state index is 1.10. The van der Waals surface area contributed by atoms with Crippen molar-refractivity contribution in [2.24, 2.45) is 0 Å². The van der Waals surface area contributed by atoms with Gasteiger partial charge in [0.1, 0.15) is 0 Å². The fourth-order valence-electron chi connectivity index (χ4n) is 12.7. The Morgan fingerprint density at radius 2 is 0.395 bits per heavy atom. The first kappa shape index (κ1) is 53.5. The molecule has 0 bridgehead atoms. The predicted molar refractivity (Wildman–Crippen MR) is 369 cm³/mol. The highest BCUT2D eigenvalue weighted by molar-refractivity contribution is 6.24. The molecule has 2 heteroatoms. The molecule has 0 radical (unpaired) electrons. The lowest BCUT2D eigenvalue weighted by Gasteiger charge is -2.31. The van der Waals surface area contributed by atoms with E-state index in [-0.39, 0.29) is 0 Å². The fraction of sp³-hybridized carbons (Fsp3) is 0.0714. The van der Waals surface area contributed by atoms with Crippen molar-refractivity contribution in [3.05, 3.63) is 325 Å². The molecule has 0 spiro atoms. The van der Waals surface area contributed by atoms with Crippen LogP contribution in [0.15, 0.2) is 291 Å². The Balaban J connectivity index is 0.830. The summed E-state index contributed by atoms with van der Waals surface area (Å²) in [5.41, 5.74) is 28.7. The van der Waals surface area contributed by atoms with Crippen LogP contribution in [0, 0.1) is 41.5 Å². The zero-order valence-electron chi connectivity index (χ0n) is 49.6. The maximum atomic E-state index is 2.48. The van der Waals surface area contributed by atoms with Gasteiger partial charge in [0.15, 0.2) is 0 Å². The molecule has 0 saturated heterocycles. The van der Waals surface area contributed by atoms with E-state index in [1.807, 2.05) is 0 Å². The molecule has 0 aromatic heterocycles. The van der Waals surface area contributed by atoms with Crippen molar-refractivity contribution in [1.29, 1.82) is 0 Å². The second kappa shape index (κ2) is 22.6. The van der Waals surface area contributed by atoms with Crippen molar-refractivity contribution in [3.63, 3.8) is 0 Å². The maximum absolute atomic E-state index is 2.48. The van der Waals surface area contributed by atoms with E-state index >= 15 is 0 Å². The van der Waals surface area contributed by atoms with E-state index in [0.29, 0.717) is 0 Å². The number of hydrogen-bond donors (Lipinski definition) is 0. The SMILES string of the molecule is Cc1ccc(-c2ccc(-c3ccc(-c4ccc(N(c5ccc(C)cc5C)c5cc6c7ccccc7c(N(c7ccc(-c8ccc(-c9ccc(-c%10ccc(C)cc%10)cc9)cc8)cc7)c7ccc(C)cc7C)cc6c6ccccc56)cc4)cc3)cc2)cc1. The number of rotatable bonds is 12.